The van der Waals surface area contributed by atoms with E-state index < -0.39 is 17.6 Å². The third-order valence-corrected chi connectivity index (χ3v) is 10.7. The Labute approximate surface area is 175 Å². The Balaban J connectivity index is 5.06. The van der Waals surface area contributed by atoms with Crippen LogP contribution in [-0.4, -0.2) is 63.8 Å². The molecule has 170 valence electrons. The molecule has 0 spiro atoms. The standard InChI is InChI=1S/C19H45NO6Si2/c1-7-21-27(22-8-2,23-9-3)17-14-19(13-16-20)15-18-28(24-10-4,25-11-5)26-12-6/h19H,7-18,20H2,1-6H3. The fourth-order valence-corrected chi connectivity index (χ4v) is 8.96. The molecule has 7 nitrogen and oxygen atoms in total. The van der Waals surface area contributed by atoms with Crippen LogP contribution in [0, 0.1) is 5.92 Å². The predicted octanol–water partition coefficient (Wildman–Crippen LogP) is 3.83. The summed E-state index contributed by atoms with van der Waals surface area (Å²) < 4.78 is 36.0. The van der Waals surface area contributed by atoms with Gasteiger partial charge in [0.05, 0.1) is 0 Å². The Morgan fingerprint density at radius 2 is 0.821 bits per heavy atom. The molecule has 0 bridgehead atoms. The molecule has 0 saturated heterocycles. The van der Waals surface area contributed by atoms with Crippen molar-refractivity contribution >= 4 is 17.6 Å². The van der Waals surface area contributed by atoms with Crippen molar-refractivity contribution in [3.8, 4) is 0 Å². The molecular formula is C19H45NO6Si2. The van der Waals surface area contributed by atoms with Crippen LogP contribution in [0.3, 0.4) is 0 Å². The van der Waals surface area contributed by atoms with Gasteiger partial charge >= 0.3 is 17.6 Å². The van der Waals surface area contributed by atoms with Crippen molar-refractivity contribution in [1.29, 1.82) is 0 Å². The van der Waals surface area contributed by atoms with Crippen molar-refractivity contribution < 1.29 is 26.6 Å². The van der Waals surface area contributed by atoms with Gasteiger partial charge in [-0.25, -0.2) is 0 Å². The van der Waals surface area contributed by atoms with Gasteiger partial charge in [-0.05, 0) is 73.3 Å². The zero-order valence-corrected chi connectivity index (χ0v) is 21.1. The van der Waals surface area contributed by atoms with Gasteiger partial charge in [-0.15, -0.1) is 0 Å². The third kappa shape index (κ3) is 10.8. The molecule has 0 aromatic carbocycles. The summed E-state index contributed by atoms with van der Waals surface area (Å²) in [5.41, 5.74) is 5.90. The Morgan fingerprint density at radius 3 is 1.04 bits per heavy atom. The lowest BCUT2D eigenvalue weighted by Crippen LogP contribution is -2.47. The Kier molecular flexibility index (Phi) is 17.0. The number of nitrogens with two attached hydrogens (primary N) is 1. The van der Waals surface area contributed by atoms with Gasteiger partial charge in [0, 0.05) is 51.7 Å². The van der Waals surface area contributed by atoms with E-state index in [1.165, 1.54) is 0 Å². The molecule has 2 N–H and O–H groups in total. The summed E-state index contributed by atoms with van der Waals surface area (Å²) in [6.45, 7) is 16.2. The largest absolute Gasteiger partial charge is 0.500 e. The third-order valence-electron chi connectivity index (χ3n) is 4.48. The molecule has 28 heavy (non-hydrogen) atoms. The van der Waals surface area contributed by atoms with E-state index in [-0.39, 0.29) is 0 Å². The summed E-state index contributed by atoms with van der Waals surface area (Å²) in [5, 5.41) is 0. The van der Waals surface area contributed by atoms with Crippen LogP contribution in [0.2, 0.25) is 12.1 Å². The van der Waals surface area contributed by atoms with Crippen molar-refractivity contribution in [3.63, 3.8) is 0 Å². The molecule has 0 aliphatic rings. The normalized spacial score (nSPS) is 12.9. The highest BCUT2D eigenvalue weighted by atomic mass is 28.4. The fraction of sp³-hybridized carbons (Fsp3) is 1.00. The van der Waals surface area contributed by atoms with Crippen molar-refractivity contribution in [3.05, 3.63) is 0 Å². The molecule has 0 fully saturated rings. The first-order chi connectivity index (χ1) is 13.5. The number of hydrogen-bond donors (Lipinski definition) is 1. The van der Waals surface area contributed by atoms with Crippen molar-refractivity contribution in [2.24, 2.45) is 11.7 Å². The van der Waals surface area contributed by atoms with Crippen LogP contribution in [0.15, 0.2) is 0 Å². The Morgan fingerprint density at radius 1 is 0.536 bits per heavy atom. The second-order valence-corrected chi connectivity index (χ2v) is 11.9. The Hall–Kier alpha value is 0.154. The highest BCUT2D eigenvalue weighted by Crippen LogP contribution is 2.29. The van der Waals surface area contributed by atoms with E-state index in [0.29, 0.717) is 52.1 Å². The van der Waals surface area contributed by atoms with E-state index >= 15 is 0 Å². The quantitative estimate of drug-likeness (QED) is 0.289. The molecule has 0 aromatic heterocycles. The van der Waals surface area contributed by atoms with Crippen LogP contribution in [0.4, 0.5) is 0 Å². The first kappa shape index (κ1) is 28.2. The molecule has 0 amide bonds. The minimum Gasteiger partial charge on any atom is -0.374 e. The second-order valence-electron chi connectivity index (χ2n) is 6.48. The van der Waals surface area contributed by atoms with Gasteiger partial charge in [-0.3, -0.25) is 0 Å². The average Bonchev–Trinajstić information content (AvgIpc) is 2.65. The molecule has 0 aliphatic heterocycles. The lowest BCUT2D eigenvalue weighted by molar-refractivity contribution is 0.0671. The maximum atomic E-state index is 6.00. The van der Waals surface area contributed by atoms with Gasteiger partial charge in [0.2, 0.25) is 0 Å². The summed E-state index contributed by atoms with van der Waals surface area (Å²) in [6.07, 6.45) is 2.86. The summed E-state index contributed by atoms with van der Waals surface area (Å²) in [7, 11) is -5.26. The van der Waals surface area contributed by atoms with Gasteiger partial charge in [-0.2, -0.15) is 0 Å². The summed E-state index contributed by atoms with van der Waals surface area (Å²) in [5.74, 6) is 0.437. The van der Waals surface area contributed by atoms with Crippen LogP contribution in [0.1, 0.15) is 60.8 Å². The highest BCUT2D eigenvalue weighted by molar-refractivity contribution is 6.61. The SMILES string of the molecule is CCO[Si](CCC(CCN)CC[Si](OCC)(OCC)OCC)(OCC)OCC. The van der Waals surface area contributed by atoms with Crippen LogP contribution in [-0.2, 0) is 26.6 Å². The topological polar surface area (TPSA) is 81.4 Å². The predicted molar refractivity (Wildman–Crippen MR) is 117 cm³/mol. The molecule has 0 aliphatic carbocycles. The van der Waals surface area contributed by atoms with Crippen molar-refractivity contribution in [1.82, 2.24) is 0 Å². The van der Waals surface area contributed by atoms with E-state index in [1.807, 2.05) is 41.5 Å². The van der Waals surface area contributed by atoms with E-state index in [2.05, 4.69) is 0 Å². The maximum Gasteiger partial charge on any atom is 0.500 e. The summed E-state index contributed by atoms with van der Waals surface area (Å²) in [4.78, 5) is 0. The number of hydrogen-bond acceptors (Lipinski definition) is 7. The van der Waals surface area contributed by atoms with Gasteiger partial charge in [0.15, 0.2) is 0 Å². The van der Waals surface area contributed by atoms with Crippen LogP contribution >= 0.6 is 0 Å². The van der Waals surface area contributed by atoms with E-state index in [1.54, 1.807) is 0 Å². The summed E-state index contributed by atoms with van der Waals surface area (Å²) >= 11 is 0. The van der Waals surface area contributed by atoms with E-state index in [9.17, 15) is 0 Å². The van der Waals surface area contributed by atoms with Gasteiger partial charge in [0.25, 0.3) is 0 Å². The van der Waals surface area contributed by atoms with Crippen LogP contribution < -0.4 is 5.73 Å². The van der Waals surface area contributed by atoms with Gasteiger partial charge < -0.3 is 32.3 Å². The molecule has 0 unspecified atom stereocenters. The van der Waals surface area contributed by atoms with Crippen LogP contribution in [0.25, 0.3) is 0 Å². The minimum absolute atomic E-state index is 0.437. The molecule has 0 atom stereocenters. The molecular weight excluding hydrogens is 394 g/mol. The van der Waals surface area contributed by atoms with E-state index in [4.69, 9.17) is 32.3 Å². The number of rotatable bonds is 20. The average molecular weight is 440 g/mol. The monoisotopic (exact) mass is 439 g/mol. The highest BCUT2D eigenvalue weighted by Gasteiger charge is 2.43. The molecule has 0 rings (SSSR count). The van der Waals surface area contributed by atoms with Gasteiger partial charge in [-0.1, -0.05) is 0 Å². The lowest BCUT2D eigenvalue weighted by atomic mass is 10.00. The molecule has 0 heterocycles. The molecule has 0 radical (unpaired) electrons. The van der Waals surface area contributed by atoms with Crippen molar-refractivity contribution in [2.45, 2.75) is 72.9 Å². The minimum atomic E-state index is -2.63. The molecule has 0 saturated carbocycles. The molecule has 9 heteroatoms. The second kappa shape index (κ2) is 16.9. The first-order valence-corrected chi connectivity index (χ1v) is 14.9. The fourth-order valence-electron chi connectivity index (χ4n) is 3.43. The zero-order valence-electron chi connectivity index (χ0n) is 19.1. The maximum absolute atomic E-state index is 6.00. The van der Waals surface area contributed by atoms with Gasteiger partial charge in [0.1, 0.15) is 0 Å². The summed E-state index contributed by atoms with van der Waals surface area (Å²) in [6, 6.07) is 1.61. The smallest absolute Gasteiger partial charge is 0.374 e. The lowest BCUT2D eigenvalue weighted by Gasteiger charge is -2.32. The molecule has 0 aromatic rings. The zero-order chi connectivity index (χ0) is 21.3. The van der Waals surface area contributed by atoms with Crippen molar-refractivity contribution in [2.75, 3.05) is 46.2 Å². The van der Waals surface area contributed by atoms with Crippen LogP contribution in [0.5, 0.6) is 0 Å². The Bertz CT molecular complexity index is 301. The first-order valence-electron chi connectivity index (χ1n) is 11.0. The van der Waals surface area contributed by atoms with E-state index in [0.717, 1.165) is 31.4 Å².